The Labute approximate surface area is 227 Å². The maximum absolute atomic E-state index is 13.6. The van der Waals surface area contributed by atoms with Crippen LogP contribution in [-0.2, 0) is 26.2 Å². The highest BCUT2D eigenvalue weighted by Gasteiger charge is 2.31. The van der Waals surface area contributed by atoms with E-state index in [-0.39, 0.29) is 29.2 Å². The van der Waals surface area contributed by atoms with Crippen molar-refractivity contribution in [1.82, 2.24) is 10.2 Å². The first kappa shape index (κ1) is 28.6. The molecule has 0 spiro atoms. The lowest BCUT2D eigenvalue weighted by Gasteiger charge is -2.33. The fraction of sp³-hybridized carbons (Fsp3) is 0.440. The Kier molecular flexibility index (Phi) is 9.92. The van der Waals surface area contributed by atoms with Crippen LogP contribution in [0.1, 0.15) is 44.6 Å². The summed E-state index contributed by atoms with van der Waals surface area (Å²) in [7, 11) is -3.86. The zero-order chi connectivity index (χ0) is 26.5. The normalized spacial score (nSPS) is 15.2. The summed E-state index contributed by atoms with van der Waals surface area (Å²) in [5, 5.41) is 3.92. The van der Waals surface area contributed by atoms with Gasteiger partial charge in [-0.2, -0.15) is 0 Å². The van der Waals surface area contributed by atoms with E-state index in [1.54, 1.807) is 43.3 Å². The van der Waals surface area contributed by atoms with Gasteiger partial charge in [-0.05, 0) is 49.6 Å². The smallest absolute Gasteiger partial charge is 0.244 e. The van der Waals surface area contributed by atoms with Crippen LogP contribution in [0.25, 0.3) is 0 Å². The maximum Gasteiger partial charge on any atom is 0.244 e. The van der Waals surface area contributed by atoms with Crippen molar-refractivity contribution < 1.29 is 18.0 Å². The molecule has 2 aromatic carbocycles. The first-order chi connectivity index (χ1) is 17.0. The fourth-order valence-electron chi connectivity index (χ4n) is 4.23. The van der Waals surface area contributed by atoms with E-state index in [0.29, 0.717) is 15.6 Å². The van der Waals surface area contributed by atoms with Crippen LogP contribution in [0.4, 0.5) is 5.69 Å². The molecule has 2 amide bonds. The second kappa shape index (κ2) is 12.5. The first-order valence-electron chi connectivity index (χ1n) is 11.7. The predicted molar refractivity (Wildman–Crippen MR) is 145 cm³/mol. The van der Waals surface area contributed by atoms with Crippen LogP contribution in [-0.4, -0.2) is 50.0 Å². The number of amides is 2. The Hall–Kier alpha value is -2.00. The largest absolute Gasteiger partial charge is 0.352 e. The molecule has 36 heavy (non-hydrogen) atoms. The highest BCUT2D eigenvalue weighted by atomic mass is 35.5. The molecule has 11 heteroatoms. The minimum absolute atomic E-state index is 0.0368. The standard InChI is InChI=1S/C25H30Cl3N3O4S/c1-17(25(33)29-19-8-4-3-5-9-19)30(15-18-12-13-20(26)22(28)14-18)24(32)16-31(36(2,34)35)23-11-7-6-10-21(23)27/h6-7,10-14,17,19H,3-5,8-9,15-16H2,1-2H3,(H,29,33)/t17-/m0/s1. The van der Waals surface area contributed by atoms with E-state index in [9.17, 15) is 18.0 Å². The summed E-state index contributed by atoms with van der Waals surface area (Å²) in [4.78, 5) is 28.1. The number of sulfonamides is 1. The Balaban J connectivity index is 1.90. The topological polar surface area (TPSA) is 86.8 Å². The van der Waals surface area contributed by atoms with Crippen molar-refractivity contribution in [3.63, 3.8) is 0 Å². The summed E-state index contributed by atoms with van der Waals surface area (Å²) in [6.07, 6.45) is 6.04. The van der Waals surface area contributed by atoms with Gasteiger partial charge in [0.15, 0.2) is 0 Å². The molecule has 1 atom stereocenters. The third kappa shape index (κ3) is 7.51. The summed E-state index contributed by atoms with van der Waals surface area (Å²) in [6.45, 7) is 1.15. The number of hydrogen-bond donors (Lipinski definition) is 1. The highest BCUT2D eigenvalue weighted by molar-refractivity contribution is 7.92. The van der Waals surface area contributed by atoms with Crippen LogP contribution in [0.15, 0.2) is 42.5 Å². The molecule has 0 aromatic heterocycles. The Bertz CT molecular complexity index is 1200. The summed E-state index contributed by atoms with van der Waals surface area (Å²) < 4.78 is 26.2. The molecule has 0 saturated heterocycles. The number of rotatable bonds is 9. The van der Waals surface area contributed by atoms with Crippen molar-refractivity contribution in [2.24, 2.45) is 0 Å². The molecule has 0 heterocycles. The van der Waals surface area contributed by atoms with E-state index in [2.05, 4.69) is 5.32 Å². The van der Waals surface area contributed by atoms with Gasteiger partial charge in [0.25, 0.3) is 0 Å². The molecule has 1 aliphatic rings. The van der Waals surface area contributed by atoms with E-state index >= 15 is 0 Å². The van der Waals surface area contributed by atoms with Gasteiger partial charge in [0.1, 0.15) is 12.6 Å². The number of nitrogens with one attached hydrogen (secondary N) is 1. The summed E-state index contributed by atoms with van der Waals surface area (Å²) >= 11 is 18.5. The zero-order valence-electron chi connectivity index (χ0n) is 20.2. The SMILES string of the molecule is C[C@@H](C(=O)NC1CCCCC1)N(Cc1ccc(Cl)c(Cl)c1)C(=O)CN(c1ccccc1Cl)S(C)(=O)=O. The van der Waals surface area contributed by atoms with Crippen molar-refractivity contribution in [3.05, 3.63) is 63.1 Å². The van der Waals surface area contributed by atoms with Crippen LogP contribution in [0, 0.1) is 0 Å². The van der Waals surface area contributed by atoms with E-state index in [0.717, 1.165) is 42.7 Å². The van der Waals surface area contributed by atoms with Crippen molar-refractivity contribution >= 4 is 62.3 Å². The molecule has 1 fully saturated rings. The van der Waals surface area contributed by atoms with Crippen molar-refractivity contribution in [3.8, 4) is 0 Å². The maximum atomic E-state index is 13.6. The van der Waals surface area contributed by atoms with Crippen molar-refractivity contribution in [2.75, 3.05) is 17.1 Å². The van der Waals surface area contributed by atoms with Gasteiger partial charge in [-0.25, -0.2) is 8.42 Å². The van der Waals surface area contributed by atoms with E-state index < -0.39 is 28.5 Å². The first-order valence-corrected chi connectivity index (χ1v) is 14.7. The number of carbonyl (C=O) groups excluding carboxylic acids is 2. The monoisotopic (exact) mass is 573 g/mol. The number of carbonyl (C=O) groups is 2. The summed E-state index contributed by atoms with van der Waals surface area (Å²) in [6, 6.07) is 10.5. The van der Waals surface area contributed by atoms with E-state index in [4.69, 9.17) is 34.8 Å². The molecule has 196 valence electrons. The number of hydrogen-bond acceptors (Lipinski definition) is 4. The van der Waals surface area contributed by atoms with Gasteiger partial charge in [0.2, 0.25) is 21.8 Å². The Morgan fingerprint density at radius 1 is 1.00 bits per heavy atom. The molecule has 7 nitrogen and oxygen atoms in total. The fourth-order valence-corrected chi connectivity index (χ4v) is 5.70. The van der Waals surface area contributed by atoms with E-state index in [1.165, 1.54) is 11.0 Å². The molecule has 3 rings (SSSR count). The molecule has 1 aliphatic carbocycles. The van der Waals surface area contributed by atoms with Gasteiger partial charge in [0, 0.05) is 12.6 Å². The molecule has 0 unspecified atom stereocenters. The molecular weight excluding hydrogens is 545 g/mol. The van der Waals surface area contributed by atoms with Gasteiger partial charge in [-0.15, -0.1) is 0 Å². The molecule has 1 saturated carbocycles. The minimum Gasteiger partial charge on any atom is -0.352 e. The lowest BCUT2D eigenvalue weighted by molar-refractivity contribution is -0.139. The molecule has 2 aromatic rings. The van der Waals surface area contributed by atoms with Gasteiger partial charge >= 0.3 is 0 Å². The molecule has 0 radical (unpaired) electrons. The van der Waals surface area contributed by atoms with Gasteiger partial charge in [-0.3, -0.25) is 13.9 Å². The lowest BCUT2D eigenvalue weighted by atomic mass is 9.95. The number of benzene rings is 2. The van der Waals surface area contributed by atoms with Crippen LogP contribution in [0.2, 0.25) is 15.1 Å². The average molecular weight is 575 g/mol. The molecular formula is C25H30Cl3N3O4S. The molecule has 0 bridgehead atoms. The van der Waals surface area contributed by atoms with Crippen LogP contribution >= 0.6 is 34.8 Å². The average Bonchev–Trinajstić information content (AvgIpc) is 2.83. The van der Waals surface area contributed by atoms with Gasteiger partial charge in [0.05, 0.1) is 27.0 Å². The number of anilines is 1. The van der Waals surface area contributed by atoms with E-state index in [1.807, 2.05) is 0 Å². The number of halogens is 3. The third-order valence-electron chi connectivity index (χ3n) is 6.26. The summed E-state index contributed by atoms with van der Waals surface area (Å²) in [5.74, 6) is -0.850. The van der Waals surface area contributed by atoms with Crippen LogP contribution in [0.3, 0.4) is 0 Å². The van der Waals surface area contributed by atoms with Gasteiger partial charge < -0.3 is 10.2 Å². The number of nitrogens with zero attached hydrogens (tertiary/aromatic N) is 2. The summed E-state index contributed by atoms with van der Waals surface area (Å²) in [5.41, 5.74) is 0.836. The third-order valence-corrected chi connectivity index (χ3v) is 8.44. The van der Waals surface area contributed by atoms with Crippen molar-refractivity contribution in [2.45, 2.75) is 57.7 Å². The quantitative estimate of drug-likeness (QED) is 0.442. The lowest BCUT2D eigenvalue weighted by Crippen LogP contribution is -2.53. The highest BCUT2D eigenvalue weighted by Crippen LogP contribution is 2.28. The zero-order valence-corrected chi connectivity index (χ0v) is 23.3. The second-order valence-electron chi connectivity index (χ2n) is 9.01. The van der Waals surface area contributed by atoms with Crippen LogP contribution < -0.4 is 9.62 Å². The predicted octanol–water partition coefficient (Wildman–Crippen LogP) is 5.28. The minimum atomic E-state index is -3.86. The number of para-hydroxylation sites is 1. The van der Waals surface area contributed by atoms with Crippen LogP contribution in [0.5, 0.6) is 0 Å². The molecule has 0 aliphatic heterocycles. The second-order valence-corrected chi connectivity index (χ2v) is 12.1. The molecule has 1 N–H and O–H groups in total. The van der Waals surface area contributed by atoms with Crippen molar-refractivity contribution in [1.29, 1.82) is 0 Å². The van der Waals surface area contributed by atoms with Gasteiger partial charge in [-0.1, -0.05) is 72.3 Å². The Morgan fingerprint density at radius 3 is 2.28 bits per heavy atom. The Morgan fingerprint density at radius 2 is 1.67 bits per heavy atom.